The van der Waals surface area contributed by atoms with Crippen LogP contribution in [0.4, 0.5) is 26.2 Å². The zero-order valence-corrected chi connectivity index (χ0v) is 62.2. The van der Waals surface area contributed by atoms with Gasteiger partial charge in [-0.1, -0.05) is 103 Å². The monoisotopic (exact) mass is 1420 g/mol. The van der Waals surface area contributed by atoms with Crippen LogP contribution >= 0.6 is 0 Å². The highest BCUT2D eigenvalue weighted by Gasteiger charge is 2.27. The summed E-state index contributed by atoms with van der Waals surface area (Å²) >= 11 is 0. The fraction of sp³-hybridized carbons (Fsp3) is 0.333. The number of aryl methyl sites for hydroxylation is 9. The number of benzene rings is 3. The van der Waals surface area contributed by atoms with E-state index in [0.717, 1.165) is 80.6 Å². The largest absolute Gasteiger partial charge is 0.390 e. The average molecular weight is 1420 g/mol. The number of hydrogen-bond acceptors (Lipinski definition) is 19. The Morgan fingerprint density at radius 3 is 1.00 bits per heavy atom. The van der Waals surface area contributed by atoms with Gasteiger partial charge < -0.3 is 48.5 Å². The summed E-state index contributed by atoms with van der Waals surface area (Å²) in [4.78, 5) is 32.9. The minimum Gasteiger partial charge on any atom is -0.390 e. The number of pyridine rings is 3. The van der Waals surface area contributed by atoms with Crippen LogP contribution in [0.3, 0.4) is 0 Å². The van der Waals surface area contributed by atoms with Crippen LogP contribution in [-0.2, 0) is 24.6 Å². The summed E-state index contributed by atoms with van der Waals surface area (Å²) in [6.45, 7) is 24.3. The standard InChI is InChI=1S/C28H34N6O2.C27H31FN6O.C26H29FN6O/c1-6-26(22-9-7-19(2)8-10-22)34(13-14-36-5)28-20(3)15-24(31-32-28)23-11-12-27(25(17-35)30-23)33-16-21(4)29-18-33;1-5-25(21-8-6-18(2)7-9-21)34(13-12-28)27-19(3)14-23(31-32-27)22-10-11-26(24(16-35)30-22)33-15-20(4)29-17-33;1-17-5-7-21(8-6-17)20(4)33(12-11-27)26-18(2)13-23(30-31-26)22-9-10-25(24(15-34)29-22)32-14-19(3)28-16-32/h7-12,15-16,18,26,35H,6,13-14,17H2,1-5H3;6-11,14-15,17,25,35H,5,12-13,16H2,1-4H3;5-10,13-14,16,20,34H,11-12,15H2,1-4H3/t26-;25-;20-/m000/s1. The van der Waals surface area contributed by atoms with Gasteiger partial charge in [0.25, 0.3) is 0 Å². The SMILES string of the molecule is CC[C@@H](c1ccc(C)cc1)N(CCF)c1nnc(-c2ccc(-n3cnc(C)c3)c(CO)n2)cc1C.CC[C@@H](c1ccc(C)cc1)N(CCOC)c1nnc(-c2ccc(-n3cnc(C)c3)c(CO)n2)cc1C.Cc1ccc([C@H](C)N(CCF)c2nnc(-c3ccc(-n4cnc(C)c4)c(CO)n3)cc2C)cc1. The number of ether oxygens (including phenoxy) is 1. The van der Waals surface area contributed by atoms with E-state index in [0.29, 0.717) is 76.0 Å². The third kappa shape index (κ3) is 18.5. The number of halogens is 2. The molecule has 12 aromatic rings. The molecule has 0 aliphatic heterocycles. The number of hydrogen-bond donors (Lipinski definition) is 3. The first kappa shape index (κ1) is 76.7. The number of rotatable bonds is 27. The fourth-order valence-corrected chi connectivity index (χ4v) is 12.8. The first-order valence-corrected chi connectivity index (χ1v) is 35.3. The Labute approximate surface area is 613 Å². The van der Waals surface area contributed by atoms with Gasteiger partial charge in [-0.15, -0.1) is 30.6 Å². The van der Waals surface area contributed by atoms with Gasteiger partial charge in [-0.2, -0.15) is 0 Å². The van der Waals surface area contributed by atoms with Crippen LogP contribution in [-0.4, -0.2) is 136 Å². The molecular weight excluding hydrogens is 1330 g/mol. The Morgan fingerprint density at radius 1 is 0.400 bits per heavy atom. The van der Waals surface area contributed by atoms with Crippen molar-refractivity contribution in [3.63, 3.8) is 0 Å². The van der Waals surface area contributed by atoms with Crippen LogP contribution in [0.15, 0.2) is 165 Å². The van der Waals surface area contributed by atoms with Gasteiger partial charge in [-0.05, 0) is 170 Å². The highest BCUT2D eigenvalue weighted by molar-refractivity contribution is 5.64. The molecule has 0 radical (unpaired) electrons. The number of anilines is 3. The molecule has 0 aliphatic carbocycles. The zero-order chi connectivity index (χ0) is 74.8. The van der Waals surface area contributed by atoms with E-state index in [1.165, 1.54) is 22.3 Å². The van der Waals surface area contributed by atoms with Crippen molar-refractivity contribution in [3.8, 4) is 51.2 Å². The van der Waals surface area contributed by atoms with Crippen LogP contribution in [0.25, 0.3) is 51.2 Å². The van der Waals surface area contributed by atoms with Crippen LogP contribution in [0, 0.1) is 62.3 Å². The molecule has 0 aliphatic rings. The van der Waals surface area contributed by atoms with Crippen molar-refractivity contribution < 1.29 is 28.8 Å². The highest BCUT2D eigenvalue weighted by Crippen LogP contribution is 2.36. The molecule has 0 unspecified atom stereocenters. The molecule has 0 amide bonds. The van der Waals surface area contributed by atoms with E-state index in [1.54, 1.807) is 26.1 Å². The molecule has 22 nitrogen and oxygen atoms in total. The summed E-state index contributed by atoms with van der Waals surface area (Å²) < 4.78 is 38.0. The second-order valence-corrected chi connectivity index (χ2v) is 26.1. The Hall–Kier alpha value is -10.9. The lowest BCUT2D eigenvalue weighted by atomic mass is 10.0. The van der Waals surface area contributed by atoms with Crippen LogP contribution in [0.2, 0.25) is 0 Å². The van der Waals surface area contributed by atoms with Gasteiger partial charge >= 0.3 is 0 Å². The predicted molar refractivity (Wildman–Crippen MR) is 407 cm³/mol. The van der Waals surface area contributed by atoms with Crippen molar-refractivity contribution in [2.75, 3.05) is 61.4 Å². The van der Waals surface area contributed by atoms with Gasteiger partial charge in [0.05, 0.1) is 132 Å². The first-order chi connectivity index (χ1) is 50.8. The predicted octanol–water partition coefficient (Wildman–Crippen LogP) is 14.5. The minimum atomic E-state index is -0.490. The normalized spacial score (nSPS) is 12.1. The Morgan fingerprint density at radius 2 is 0.714 bits per heavy atom. The molecule has 9 heterocycles. The average Bonchev–Trinajstić information content (AvgIpc) is 1.47. The topological polar surface area (TPSA) is 249 Å². The Bertz CT molecular complexity index is 4820. The summed E-state index contributed by atoms with van der Waals surface area (Å²) in [7, 11) is 1.71. The van der Waals surface area contributed by atoms with Crippen LogP contribution in [0.5, 0.6) is 0 Å². The number of imidazole rings is 3. The van der Waals surface area contributed by atoms with Gasteiger partial charge in [0.15, 0.2) is 17.5 Å². The van der Waals surface area contributed by atoms with Crippen LogP contribution < -0.4 is 14.7 Å². The molecule has 105 heavy (non-hydrogen) atoms. The molecule has 0 saturated carbocycles. The fourth-order valence-electron chi connectivity index (χ4n) is 12.8. The van der Waals surface area contributed by atoms with Crippen molar-refractivity contribution in [3.05, 3.63) is 249 Å². The molecule has 546 valence electrons. The van der Waals surface area contributed by atoms with Gasteiger partial charge in [0.1, 0.15) is 30.4 Å². The molecule has 0 fully saturated rings. The van der Waals surface area contributed by atoms with Crippen molar-refractivity contribution >= 4 is 17.5 Å². The zero-order valence-electron chi connectivity index (χ0n) is 62.2. The number of aliphatic hydroxyl groups excluding tert-OH is 3. The first-order valence-electron chi connectivity index (χ1n) is 35.3. The summed E-state index contributed by atoms with van der Waals surface area (Å²) in [5.41, 5.74) is 20.1. The summed E-state index contributed by atoms with van der Waals surface area (Å²) in [5.74, 6) is 2.13. The molecular formula is C81H94F2N18O4. The molecule has 3 N–H and O–H groups in total. The van der Waals surface area contributed by atoms with Crippen molar-refractivity contribution in [1.82, 2.24) is 74.2 Å². The molecule has 9 aromatic heterocycles. The third-order valence-corrected chi connectivity index (χ3v) is 18.4. The van der Waals surface area contributed by atoms with E-state index >= 15 is 0 Å². The number of methoxy groups -OCH3 is 1. The van der Waals surface area contributed by atoms with E-state index in [9.17, 15) is 24.1 Å². The maximum atomic E-state index is 13.6. The molecule has 0 saturated heterocycles. The summed E-state index contributed by atoms with van der Waals surface area (Å²) in [6.07, 6.45) is 12.5. The molecule has 3 aromatic carbocycles. The van der Waals surface area contributed by atoms with Gasteiger partial charge in [0.2, 0.25) is 0 Å². The van der Waals surface area contributed by atoms with E-state index in [1.807, 2.05) is 152 Å². The highest BCUT2D eigenvalue weighted by atomic mass is 19.1. The second-order valence-electron chi connectivity index (χ2n) is 26.1. The molecule has 3 atom stereocenters. The molecule has 12 rings (SSSR count). The van der Waals surface area contributed by atoms with Gasteiger partial charge in [-0.25, -0.2) is 38.7 Å². The van der Waals surface area contributed by atoms with E-state index in [4.69, 9.17) is 4.74 Å². The van der Waals surface area contributed by atoms with Crippen molar-refractivity contribution in [1.29, 1.82) is 0 Å². The van der Waals surface area contributed by atoms with Crippen molar-refractivity contribution in [2.45, 2.75) is 134 Å². The smallest absolute Gasteiger partial charge is 0.154 e. The molecule has 0 bridgehead atoms. The summed E-state index contributed by atoms with van der Waals surface area (Å²) in [6, 6.07) is 42.4. The number of aliphatic hydroxyl groups is 3. The maximum Gasteiger partial charge on any atom is 0.154 e. The lowest BCUT2D eigenvalue weighted by Crippen LogP contribution is -2.33. The van der Waals surface area contributed by atoms with Gasteiger partial charge in [-0.3, -0.25) is 0 Å². The second kappa shape index (κ2) is 36.0. The number of nitrogens with zero attached hydrogens (tertiary/aromatic N) is 18. The van der Waals surface area contributed by atoms with Gasteiger partial charge in [0, 0.05) is 45.3 Å². The minimum absolute atomic E-state index is 0.0118. The molecule has 0 spiro atoms. The number of alkyl halides is 2. The Kier molecular flexibility index (Phi) is 26.3. The van der Waals surface area contributed by atoms with E-state index < -0.39 is 13.3 Å². The van der Waals surface area contributed by atoms with Crippen molar-refractivity contribution in [2.24, 2.45) is 0 Å². The van der Waals surface area contributed by atoms with E-state index in [-0.39, 0.29) is 51.0 Å². The van der Waals surface area contributed by atoms with E-state index in [2.05, 4.69) is 166 Å². The molecule has 24 heteroatoms. The maximum absolute atomic E-state index is 13.6. The lowest BCUT2D eigenvalue weighted by molar-refractivity contribution is 0.202. The lowest BCUT2D eigenvalue weighted by Gasteiger charge is -2.33. The quantitative estimate of drug-likeness (QED) is 0.0433. The summed E-state index contributed by atoms with van der Waals surface area (Å²) in [5, 5.41) is 56.8. The Balaban J connectivity index is 0.000000169. The number of aromatic nitrogens is 15. The van der Waals surface area contributed by atoms with Crippen LogP contribution in [0.1, 0.15) is 136 Å². The third-order valence-electron chi connectivity index (χ3n) is 18.4.